The number of aromatic nitrogens is 4. The smallest absolute Gasteiger partial charge is 0.410 e. The molecule has 3 aromatic rings. The maximum Gasteiger partial charge on any atom is 0.410 e. The second kappa shape index (κ2) is 8.10. The third-order valence-electron chi connectivity index (χ3n) is 4.79. The van der Waals surface area contributed by atoms with Gasteiger partial charge in [0.15, 0.2) is 0 Å². The summed E-state index contributed by atoms with van der Waals surface area (Å²) in [5.74, 6) is 0.653. The molecule has 0 aliphatic carbocycles. The van der Waals surface area contributed by atoms with Crippen LogP contribution in [-0.2, 0) is 4.74 Å². The molecule has 1 aliphatic heterocycles. The number of halogens is 1. The van der Waals surface area contributed by atoms with Gasteiger partial charge >= 0.3 is 6.09 Å². The lowest BCUT2D eigenvalue weighted by molar-refractivity contribution is 0.0206. The van der Waals surface area contributed by atoms with Crippen LogP contribution in [0, 0.1) is 0 Å². The minimum Gasteiger partial charge on any atom is -0.444 e. The highest BCUT2D eigenvalue weighted by Crippen LogP contribution is 2.23. The van der Waals surface area contributed by atoms with E-state index in [9.17, 15) is 4.79 Å². The number of fused-ring (bicyclic) bond motifs is 1. The number of imidazole rings is 1. The first-order chi connectivity index (χ1) is 14.3. The monoisotopic (exact) mass is 428 g/mol. The molecule has 4 rings (SSSR count). The fourth-order valence-corrected chi connectivity index (χ4v) is 3.66. The van der Waals surface area contributed by atoms with E-state index in [0.717, 1.165) is 24.2 Å². The number of piperidine rings is 1. The highest BCUT2D eigenvalue weighted by molar-refractivity contribution is 6.30. The molecular weight excluding hydrogens is 404 g/mol. The lowest BCUT2D eigenvalue weighted by Crippen LogP contribution is -2.47. The van der Waals surface area contributed by atoms with Crippen LogP contribution in [0.2, 0.25) is 5.02 Å². The van der Waals surface area contributed by atoms with Crippen LogP contribution in [0.3, 0.4) is 0 Å². The Hall–Kier alpha value is -2.87. The van der Waals surface area contributed by atoms with Crippen molar-refractivity contribution in [1.29, 1.82) is 0 Å². The molecule has 1 fully saturated rings. The van der Waals surface area contributed by atoms with E-state index in [-0.39, 0.29) is 12.1 Å². The van der Waals surface area contributed by atoms with Gasteiger partial charge in [0, 0.05) is 25.3 Å². The summed E-state index contributed by atoms with van der Waals surface area (Å²) in [6.45, 7) is 6.88. The first-order valence-electron chi connectivity index (χ1n) is 9.98. The molecule has 4 heterocycles. The average Bonchev–Trinajstić information content (AvgIpc) is 3.10. The number of hydrogen-bond donors (Lipinski definition) is 1. The number of carbonyl (C=O) groups excluding carboxylic acids is 1. The van der Waals surface area contributed by atoms with E-state index in [1.54, 1.807) is 35.8 Å². The lowest BCUT2D eigenvalue weighted by Gasteiger charge is -2.34. The quantitative estimate of drug-likeness (QED) is 0.671. The first-order valence-corrected chi connectivity index (χ1v) is 10.4. The fourth-order valence-electron chi connectivity index (χ4n) is 3.50. The Morgan fingerprint density at radius 1 is 1.27 bits per heavy atom. The van der Waals surface area contributed by atoms with Crippen molar-refractivity contribution in [2.24, 2.45) is 0 Å². The third kappa shape index (κ3) is 4.64. The van der Waals surface area contributed by atoms with Gasteiger partial charge in [-0.15, -0.1) is 0 Å². The van der Waals surface area contributed by atoms with Crippen LogP contribution < -0.4 is 5.32 Å². The number of amides is 1. The van der Waals surface area contributed by atoms with Crippen molar-refractivity contribution in [2.45, 2.75) is 45.3 Å². The van der Waals surface area contributed by atoms with Crippen molar-refractivity contribution < 1.29 is 9.53 Å². The minimum absolute atomic E-state index is 0.0763. The van der Waals surface area contributed by atoms with Crippen LogP contribution in [0.1, 0.15) is 33.6 Å². The predicted molar refractivity (Wildman–Crippen MR) is 116 cm³/mol. The molecule has 158 valence electrons. The molecule has 30 heavy (non-hydrogen) atoms. The zero-order valence-corrected chi connectivity index (χ0v) is 18.1. The van der Waals surface area contributed by atoms with Crippen LogP contribution in [0.25, 0.3) is 17.0 Å². The first kappa shape index (κ1) is 20.4. The van der Waals surface area contributed by atoms with Crippen molar-refractivity contribution >= 4 is 29.2 Å². The van der Waals surface area contributed by atoms with Crippen LogP contribution in [0.15, 0.2) is 36.9 Å². The van der Waals surface area contributed by atoms with Gasteiger partial charge in [0.05, 0.1) is 29.3 Å². The number of ether oxygens (including phenoxy) is 1. The molecule has 0 bridgehead atoms. The van der Waals surface area contributed by atoms with Gasteiger partial charge in [-0.25, -0.2) is 14.8 Å². The SMILES string of the molecule is CC(C)(C)OC(=O)N1CCC[C@@H](Nc2cncc(-c3cnc4ccc(Cl)cn34)n2)C1. The van der Waals surface area contributed by atoms with Crippen molar-refractivity contribution in [2.75, 3.05) is 18.4 Å². The van der Waals surface area contributed by atoms with Crippen LogP contribution in [-0.4, -0.2) is 55.1 Å². The van der Waals surface area contributed by atoms with Crippen LogP contribution in [0.5, 0.6) is 0 Å². The maximum absolute atomic E-state index is 12.4. The van der Waals surface area contributed by atoms with E-state index in [2.05, 4.69) is 15.3 Å². The molecular formula is C21H25ClN6O2. The summed E-state index contributed by atoms with van der Waals surface area (Å²) in [4.78, 5) is 27.6. The molecule has 8 nitrogen and oxygen atoms in total. The summed E-state index contributed by atoms with van der Waals surface area (Å²) in [6, 6.07) is 3.73. The second-order valence-electron chi connectivity index (χ2n) is 8.42. The van der Waals surface area contributed by atoms with Gasteiger partial charge in [0.25, 0.3) is 0 Å². The fraction of sp³-hybridized carbons (Fsp3) is 0.429. The number of pyridine rings is 1. The summed E-state index contributed by atoms with van der Waals surface area (Å²) >= 11 is 6.13. The molecule has 0 aromatic carbocycles. The van der Waals surface area contributed by atoms with E-state index in [0.29, 0.717) is 29.6 Å². The zero-order chi connectivity index (χ0) is 21.3. The van der Waals surface area contributed by atoms with Gasteiger partial charge in [0.1, 0.15) is 22.8 Å². The Morgan fingerprint density at radius 2 is 2.10 bits per heavy atom. The molecule has 0 spiro atoms. The highest BCUT2D eigenvalue weighted by Gasteiger charge is 2.27. The molecule has 1 saturated heterocycles. The predicted octanol–water partition coefficient (Wildman–Crippen LogP) is 4.26. The highest BCUT2D eigenvalue weighted by atomic mass is 35.5. The minimum atomic E-state index is -0.506. The lowest BCUT2D eigenvalue weighted by atomic mass is 10.1. The largest absolute Gasteiger partial charge is 0.444 e. The van der Waals surface area contributed by atoms with E-state index in [1.807, 2.05) is 31.2 Å². The molecule has 1 atom stereocenters. The summed E-state index contributed by atoms with van der Waals surface area (Å²) in [7, 11) is 0. The van der Waals surface area contributed by atoms with Crippen molar-refractivity contribution in [1.82, 2.24) is 24.3 Å². The normalized spacial score (nSPS) is 17.2. The Kier molecular flexibility index (Phi) is 5.51. The number of nitrogens with zero attached hydrogens (tertiary/aromatic N) is 5. The molecule has 0 unspecified atom stereocenters. The van der Waals surface area contributed by atoms with Gasteiger partial charge in [-0.3, -0.25) is 9.38 Å². The molecule has 1 N–H and O–H groups in total. The average molecular weight is 429 g/mol. The number of nitrogens with one attached hydrogen (secondary N) is 1. The Bertz CT molecular complexity index is 1060. The van der Waals surface area contributed by atoms with Gasteiger partial charge in [-0.1, -0.05) is 11.6 Å². The molecule has 3 aromatic heterocycles. The Labute approximate surface area is 180 Å². The Morgan fingerprint density at radius 3 is 2.90 bits per heavy atom. The zero-order valence-electron chi connectivity index (χ0n) is 17.3. The van der Waals surface area contributed by atoms with Crippen LogP contribution >= 0.6 is 11.6 Å². The van der Waals surface area contributed by atoms with E-state index >= 15 is 0 Å². The molecule has 0 saturated carbocycles. The summed E-state index contributed by atoms with van der Waals surface area (Å²) in [5, 5.41) is 4.03. The molecule has 9 heteroatoms. The third-order valence-corrected chi connectivity index (χ3v) is 5.02. The number of anilines is 1. The van der Waals surface area contributed by atoms with Crippen LogP contribution in [0.4, 0.5) is 10.6 Å². The van der Waals surface area contributed by atoms with E-state index in [1.165, 1.54) is 0 Å². The van der Waals surface area contributed by atoms with Gasteiger partial charge < -0.3 is 15.0 Å². The second-order valence-corrected chi connectivity index (χ2v) is 8.85. The van der Waals surface area contributed by atoms with Gasteiger partial charge in [0.2, 0.25) is 0 Å². The number of likely N-dealkylation sites (tertiary alicyclic amines) is 1. The topological polar surface area (TPSA) is 84.6 Å². The summed E-state index contributed by atoms with van der Waals surface area (Å²) in [5.41, 5.74) is 1.78. The summed E-state index contributed by atoms with van der Waals surface area (Å²) in [6.07, 6.45) is 8.50. The van der Waals surface area contributed by atoms with E-state index in [4.69, 9.17) is 21.3 Å². The number of rotatable bonds is 3. The standard InChI is InChI=1S/C21H25ClN6O2/c1-21(2,3)30-20(29)27-8-4-5-15(13-27)25-18-11-23-9-16(26-18)17-10-24-19-7-6-14(22)12-28(17)19/h6-7,9-12,15H,4-5,8,13H2,1-3H3,(H,25,26)/t15-/m1/s1. The molecule has 0 radical (unpaired) electrons. The van der Waals surface area contributed by atoms with Crippen molar-refractivity contribution in [3.05, 3.63) is 41.9 Å². The summed E-state index contributed by atoms with van der Waals surface area (Å²) < 4.78 is 7.39. The maximum atomic E-state index is 12.4. The van der Waals surface area contributed by atoms with E-state index < -0.39 is 5.60 Å². The van der Waals surface area contributed by atoms with Crippen molar-refractivity contribution in [3.63, 3.8) is 0 Å². The van der Waals surface area contributed by atoms with Crippen molar-refractivity contribution in [3.8, 4) is 11.4 Å². The van der Waals surface area contributed by atoms with Gasteiger partial charge in [-0.05, 0) is 45.7 Å². The van der Waals surface area contributed by atoms with Gasteiger partial charge in [-0.2, -0.15) is 0 Å². The molecule has 1 aliphatic rings. The molecule has 1 amide bonds. The number of carbonyl (C=O) groups is 1. The Balaban J connectivity index is 1.49. The number of hydrogen-bond acceptors (Lipinski definition) is 6.